The van der Waals surface area contributed by atoms with E-state index in [0.717, 1.165) is 18.0 Å². The lowest BCUT2D eigenvalue weighted by Gasteiger charge is -2.33. The molecule has 1 aliphatic heterocycles. The fourth-order valence-electron chi connectivity index (χ4n) is 2.19. The third kappa shape index (κ3) is 3.89. The highest BCUT2D eigenvalue weighted by atomic mass is 32.2. The van der Waals surface area contributed by atoms with Crippen LogP contribution < -0.4 is 5.32 Å². The lowest BCUT2D eigenvalue weighted by molar-refractivity contribution is -0.140. The Labute approximate surface area is 135 Å². The Bertz CT molecular complexity index is 548. The van der Waals surface area contributed by atoms with Gasteiger partial charge in [0.15, 0.2) is 5.11 Å². The topological polar surface area (TPSA) is 41.6 Å². The van der Waals surface area contributed by atoms with Crippen LogP contribution in [0.15, 0.2) is 18.2 Å². The number of benzene rings is 1. The third-order valence-corrected chi connectivity index (χ3v) is 5.19. The summed E-state index contributed by atoms with van der Waals surface area (Å²) in [6.07, 6.45) is 0. The monoisotopic (exact) mass is 324 g/mol. The first-order chi connectivity index (χ1) is 10.0. The molecule has 1 atom stereocenters. The highest BCUT2D eigenvalue weighted by Gasteiger charge is 2.28. The predicted molar refractivity (Wildman–Crippen MR) is 92.0 cm³/mol. The van der Waals surface area contributed by atoms with Crippen LogP contribution in [0.3, 0.4) is 0 Å². The van der Waals surface area contributed by atoms with E-state index in [0.29, 0.717) is 11.7 Å². The maximum atomic E-state index is 11.7. The van der Waals surface area contributed by atoms with Gasteiger partial charge in [0.05, 0.1) is 7.11 Å². The number of rotatable bonds is 2. The Hall–Kier alpha value is -1.27. The van der Waals surface area contributed by atoms with Gasteiger partial charge in [0.25, 0.3) is 0 Å². The number of anilines is 1. The molecule has 1 saturated heterocycles. The lowest BCUT2D eigenvalue weighted by atomic mass is 10.1. The molecular weight excluding hydrogens is 304 g/mol. The summed E-state index contributed by atoms with van der Waals surface area (Å²) in [5.41, 5.74) is 3.44. The molecule has 21 heavy (non-hydrogen) atoms. The van der Waals surface area contributed by atoms with Gasteiger partial charge in [0.1, 0.15) is 5.25 Å². The van der Waals surface area contributed by atoms with E-state index in [2.05, 4.69) is 25.2 Å². The third-order valence-electron chi connectivity index (χ3n) is 3.66. The summed E-state index contributed by atoms with van der Waals surface area (Å²) in [6.45, 7) is 5.58. The number of esters is 1. The minimum atomic E-state index is -0.181. The maximum Gasteiger partial charge on any atom is 0.320 e. The Balaban J connectivity index is 2.03. The molecule has 114 valence electrons. The molecule has 1 aromatic rings. The number of nitrogens with zero attached hydrogens (tertiary/aromatic N) is 1. The summed E-state index contributed by atoms with van der Waals surface area (Å²) in [7, 11) is 1.43. The second-order valence-corrected chi connectivity index (χ2v) is 6.70. The summed E-state index contributed by atoms with van der Waals surface area (Å²) in [5.74, 6) is 0.688. The van der Waals surface area contributed by atoms with Gasteiger partial charge < -0.3 is 15.0 Å². The quantitative estimate of drug-likeness (QED) is 0.666. The molecule has 1 heterocycles. The molecular formula is C15H20N2O2S2. The second-order valence-electron chi connectivity index (χ2n) is 5.01. The molecule has 4 nitrogen and oxygen atoms in total. The lowest BCUT2D eigenvalue weighted by Crippen LogP contribution is -2.46. The first-order valence-electron chi connectivity index (χ1n) is 6.84. The van der Waals surface area contributed by atoms with Crippen LogP contribution >= 0.6 is 24.0 Å². The van der Waals surface area contributed by atoms with E-state index >= 15 is 0 Å². The van der Waals surface area contributed by atoms with Crippen molar-refractivity contribution < 1.29 is 9.53 Å². The molecule has 0 aliphatic carbocycles. The number of nitrogens with one attached hydrogen (secondary N) is 1. The van der Waals surface area contributed by atoms with Crippen molar-refractivity contribution in [3.63, 3.8) is 0 Å². The van der Waals surface area contributed by atoms with Gasteiger partial charge in [0, 0.05) is 24.5 Å². The van der Waals surface area contributed by atoms with Crippen LogP contribution in [-0.4, -0.2) is 47.2 Å². The van der Waals surface area contributed by atoms with E-state index in [1.165, 1.54) is 18.2 Å². The number of thiocarbonyl (C=S) groups is 1. The number of ether oxygens (including phenoxy) is 1. The summed E-state index contributed by atoms with van der Waals surface area (Å²) < 4.78 is 4.82. The smallest absolute Gasteiger partial charge is 0.320 e. The van der Waals surface area contributed by atoms with Crippen LogP contribution in [0.25, 0.3) is 0 Å². The van der Waals surface area contributed by atoms with Gasteiger partial charge in [-0.3, -0.25) is 4.79 Å². The van der Waals surface area contributed by atoms with Crippen molar-refractivity contribution in [3.8, 4) is 0 Å². The Morgan fingerprint density at radius 1 is 1.48 bits per heavy atom. The van der Waals surface area contributed by atoms with Gasteiger partial charge in [-0.25, -0.2) is 0 Å². The highest BCUT2D eigenvalue weighted by molar-refractivity contribution is 8.00. The number of hydrogen-bond donors (Lipinski definition) is 1. The predicted octanol–water partition coefficient (Wildman–Crippen LogP) is 2.59. The van der Waals surface area contributed by atoms with Gasteiger partial charge >= 0.3 is 5.97 Å². The normalized spacial score (nSPS) is 18.2. The maximum absolute atomic E-state index is 11.7. The van der Waals surface area contributed by atoms with E-state index < -0.39 is 0 Å². The van der Waals surface area contributed by atoms with Crippen LogP contribution in [0.1, 0.15) is 11.1 Å². The molecule has 0 amide bonds. The highest BCUT2D eigenvalue weighted by Crippen LogP contribution is 2.22. The van der Waals surface area contributed by atoms with Gasteiger partial charge in [-0.15, -0.1) is 11.8 Å². The van der Waals surface area contributed by atoms with Crippen molar-refractivity contribution in [1.82, 2.24) is 4.90 Å². The van der Waals surface area contributed by atoms with E-state index in [1.807, 2.05) is 17.0 Å². The van der Waals surface area contributed by atoms with E-state index in [4.69, 9.17) is 17.0 Å². The first kappa shape index (κ1) is 16.1. The first-order valence-corrected chi connectivity index (χ1v) is 8.30. The Kier molecular flexibility index (Phi) is 5.47. The molecule has 2 rings (SSSR count). The number of aryl methyl sites for hydroxylation is 1. The fraction of sp³-hybridized carbons (Fsp3) is 0.467. The zero-order valence-electron chi connectivity index (χ0n) is 12.5. The van der Waals surface area contributed by atoms with Gasteiger partial charge in [-0.2, -0.15) is 0 Å². The molecule has 1 aromatic carbocycles. The van der Waals surface area contributed by atoms with Gasteiger partial charge in [0.2, 0.25) is 0 Å². The standard InChI is InChI=1S/C15H20N2O2S2/c1-10-5-4-6-12(11(10)2)16-15(20)17-7-8-21-13(9-17)14(18)19-3/h4-6,13H,7-9H2,1-3H3,(H,16,20)/t13-/m0/s1. The summed E-state index contributed by atoms with van der Waals surface area (Å²) >= 11 is 7.11. The van der Waals surface area contributed by atoms with Crippen LogP contribution in [0.2, 0.25) is 0 Å². The van der Waals surface area contributed by atoms with Crippen molar-refractivity contribution >= 4 is 40.7 Å². The number of thioether (sulfide) groups is 1. The fourth-order valence-corrected chi connectivity index (χ4v) is 3.59. The van der Waals surface area contributed by atoms with Crippen LogP contribution in [0.5, 0.6) is 0 Å². The number of methoxy groups -OCH3 is 1. The molecule has 6 heteroatoms. The minimum Gasteiger partial charge on any atom is -0.468 e. The molecule has 1 aliphatic rings. The van der Waals surface area contributed by atoms with E-state index in [9.17, 15) is 4.79 Å². The average molecular weight is 324 g/mol. The molecule has 0 saturated carbocycles. The summed E-state index contributed by atoms with van der Waals surface area (Å²) in [6, 6.07) is 6.11. The number of carbonyl (C=O) groups is 1. The Morgan fingerprint density at radius 3 is 2.95 bits per heavy atom. The summed E-state index contributed by atoms with van der Waals surface area (Å²) in [5, 5.41) is 3.79. The number of carbonyl (C=O) groups excluding carboxylic acids is 1. The SMILES string of the molecule is COC(=O)[C@@H]1CN(C(=S)Nc2cccc(C)c2C)CCS1. The van der Waals surface area contributed by atoms with Crippen molar-refractivity contribution in [2.75, 3.05) is 31.3 Å². The zero-order valence-corrected chi connectivity index (χ0v) is 14.1. The van der Waals surface area contributed by atoms with Crippen LogP contribution in [0.4, 0.5) is 5.69 Å². The molecule has 1 fully saturated rings. The van der Waals surface area contributed by atoms with E-state index in [-0.39, 0.29) is 11.2 Å². The minimum absolute atomic E-state index is 0.165. The Morgan fingerprint density at radius 2 is 2.24 bits per heavy atom. The molecule has 0 radical (unpaired) electrons. The molecule has 0 aromatic heterocycles. The number of hydrogen-bond acceptors (Lipinski definition) is 4. The average Bonchev–Trinajstić information content (AvgIpc) is 2.51. The zero-order chi connectivity index (χ0) is 15.4. The van der Waals surface area contributed by atoms with Crippen molar-refractivity contribution in [1.29, 1.82) is 0 Å². The van der Waals surface area contributed by atoms with Crippen LogP contribution in [-0.2, 0) is 9.53 Å². The molecule has 0 spiro atoms. The molecule has 1 N–H and O–H groups in total. The van der Waals surface area contributed by atoms with Crippen LogP contribution in [0, 0.1) is 13.8 Å². The summed E-state index contributed by atoms with van der Waals surface area (Å²) in [4.78, 5) is 13.7. The van der Waals surface area contributed by atoms with Crippen molar-refractivity contribution in [2.45, 2.75) is 19.1 Å². The molecule has 0 bridgehead atoms. The van der Waals surface area contributed by atoms with Crippen molar-refractivity contribution in [2.24, 2.45) is 0 Å². The van der Waals surface area contributed by atoms with Gasteiger partial charge in [-0.1, -0.05) is 12.1 Å². The van der Waals surface area contributed by atoms with Crippen molar-refractivity contribution in [3.05, 3.63) is 29.3 Å². The van der Waals surface area contributed by atoms with E-state index in [1.54, 1.807) is 11.8 Å². The van der Waals surface area contributed by atoms with Gasteiger partial charge in [-0.05, 0) is 43.3 Å². The largest absolute Gasteiger partial charge is 0.468 e. The molecule has 0 unspecified atom stereocenters. The second kappa shape index (κ2) is 7.13.